The van der Waals surface area contributed by atoms with Crippen molar-refractivity contribution in [3.63, 3.8) is 0 Å². The van der Waals surface area contributed by atoms with Crippen molar-refractivity contribution in [2.75, 3.05) is 0 Å². The molecule has 0 aromatic heterocycles. The number of hydrogen-bond acceptors (Lipinski definition) is 2. The molecule has 0 amide bonds. The summed E-state index contributed by atoms with van der Waals surface area (Å²) in [5.41, 5.74) is 16.3. The summed E-state index contributed by atoms with van der Waals surface area (Å²) in [6.07, 6.45) is 0. The lowest BCUT2D eigenvalue weighted by Crippen LogP contribution is -2.26. The Hall–Kier alpha value is -2.68. The molecule has 0 heterocycles. The zero-order valence-corrected chi connectivity index (χ0v) is 13.2. The zero-order chi connectivity index (χ0) is 17.0. The van der Waals surface area contributed by atoms with E-state index in [4.69, 9.17) is 21.9 Å². The first-order valence-corrected chi connectivity index (χ1v) is 7.00. The number of nitrogens with two attached hydrogens (primary N) is 3. The van der Waals surface area contributed by atoms with Gasteiger partial charge in [-0.3, -0.25) is 0 Å². The van der Waals surface area contributed by atoms with Crippen molar-refractivity contribution in [3.05, 3.63) is 52.5 Å². The molecule has 2 aromatic rings. The summed E-state index contributed by atoms with van der Waals surface area (Å²) in [6.45, 7) is 0. The van der Waals surface area contributed by atoms with Crippen LogP contribution in [0.5, 0.6) is 11.5 Å². The van der Waals surface area contributed by atoms with E-state index in [0.29, 0.717) is 15.9 Å². The molecule has 0 radical (unpaired) electrons. The fraction of sp³-hybridized carbons (Fsp3) is 0. The molecule has 0 fully saturated rings. The maximum atomic E-state index is 13.6. The molecule has 0 saturated carbocycles. The Morgan fingerprint density at radius 2 is 1.70 bits per heavy atom. The lowest BCUT2D eigenvalue weighted by atomic mass is 10.3. The van der Waals surface area contributed by atoms with Crippen molar-refractivity contribution in [3.8, 4) is 11.5 Å². The predicted molar refractivity (Wildman–Crippen MR) is 87.7 cm³/mol. The van der Waals surface area contributed by atoms with E-state index in [1.807, 2.05) is 0 Å². The summed E-state index contributed by atoms with van der Waals surface area (Å²) in [7, 11) is 0. The van der Waals surface area contributed by atoms with Crippen LogP contribution < -0.4 is 21.9 Å². The SMILES string of the molecule is NC(N)=NC(N)=Nc1ccc(Oc2ccc(F)cc2F)c(Br)c1. The van der Waals surface area contributed by atoms with Crippen molar-refractivity contribution in [1.82, 2.24) is 0 Å². The first kappa shape index (κ1) is 16.7. The quantitative estimate of drug-likeness (QED) is 0.558. The van der Waals surface area contributed by atoms with Gasteiger partial charge in [0.15, 0.2) is 17.5 Å². The van der Waals surface area contributed by atoms with Crippen molar-refractivity contribution >= 4 is 33.5 Å². The third-order valence-electron chi connectivity index (χ3n) is 2.52. The molecular formula is C14H12BrF2N5O. The van der Waals surface area contributed by atoms with Gasteiger partial charge in [-0.05, 0) is 46.3 Å². The van der Waals surface area contributed by atoms with E-state index in [9.17, 15) is 8.78 Å². The van der Waals surface area contributed by atoms with E-state index in [0.717, 1.165) is 12.1 Å². The largest absolute Gasteiger partial charge is 0.453 e. The molecule has 6 N–H and O–H groups in total. The summed E-state index contributed by atoms with van der Waals surface area (Å²) in [5.74, 6) is -1.62. The van der Waals surface area contributed by atoms with E-state index in [1.165, 1.54) is 12.1 Å². The second-order valence-corrected chi connectivity index (χ2v) is 5.15. The molecule has 0 aliphatic carbocycles. The number of hydrogen-bond donors (Lipinski definition) is 3. The summed E-state index contributed by atoms with van der Waals surface area (Å²) in [6, 6.07) is 7.70. The van der Waals surface area contributed by atoms with Gasteiger partial charge in [0, 0.05) is 6.07 Å². The molecule has 0 saturated heterocycles. The van der Waals surface area contributed by atoms with Gasteiger partial charge in [0.2, 0.25) is 5.96 Å². The minimum Gasteiger partial charge on any atom is -0.453 e. The molecule has 0 aliphatic rings. The highest BCUT2D eigenvalue weighted by Crippen LogP contribution is 2.34. The summed E-state index contributed by atoms with van der Waals surface area (Å²) >= 11 is 3.27. The van der Waals surface area contributed by atoms with Crippen LogP contribution in [0.25, 0.3) is 0 Å². The number of rotatable bonds is 3. The third-order valence-corrected chi connectivity index (χ3v) is 3.14. The number of nitrogens with zero attached hydrogens (tertiary/aromatic N) is 2. The van der Waals surface area contributed by atoms with E-state index in [1.54, 1.807) is 12.1 Å². The minimum absolute atomic E-state index is 0.108. The molecule has 6 nitrogen and oxygen atoms in total. The van der Waals surface area contributed by atoms with E-state index < -0.39 is 11.6 Å². The lowest BCUT2D eigenvalue weighted by Gasteiger charge is -2.09. The molecule has 0 unspecified atom stereocenters. The van der Waals surface area contributed by atoms with Crippen LogP contribution >= 0.6 is 15.9 Å². The number of ether oxygens (including phenoxy) is 1. The van der Waals surface area contributed by atoms with Crippen LogP contribution in [0.1, 0.15) is 0 Å². The van der Waals surface area contributed by atoms with Crippen molar-refractivity contribution in [2.24, 2.45) is 27.2 Å². The molecule has 2 aromatic carbocycles. The normalized spacial score (nSPS) is 11.2. The Balaban J connectivity index is 2.24. The number of guanidine groups is 2. The monoisotopic (exact) mass is 383 g/mol. The van der Waals surface area contributed by atoms with Crippen LogP contribution in [-0.4, -0.2) is 11.9 Å². The fourth-order valence-electron chi connectivity index (χ4n) is 1.61. The molecule has 23 heavy (non-hydrogen) atoms. The standard InChI is InChI=1S/C14H12BrF2N5O/c15-9-6-8(21-14(20)22-13(18)19)2-4-11(9)23-12-3-1-7(16)5-10(12)17/h1-6H,(H6,18,19,20,21,22). The Morgan fingerprint density at radius 1 is 1.00 bits per heavy atom. The zero-order valence-electron chi connectivity index (χ0n) is 11.6. The predicted octanol–water partition coefficient (Wildman–Crippen LogP) is 2.74. The highest BCUT2D eigenvalue weighted by atomic mass is 79.9. The van der Waals surface area contributed by atoms with Crippen LogP contribution in [0.15, 0.2) is 50.9 Å². The van der Waals surface area contributed by atoms with Gasteiger partial charge in [-0.1, -0.05) is 0 Å². The molecule has 0 spiro atoms. The van der Waals surface area contributed by atoms with Gasteiger partial charge in [0.25, 0.3) is 0 Å². The van der Waals surface area contributed by atoms with E-state index in [-0.39, 0.29) is 17.7 Å². The van der Waals surface area contributed by atoms with Gasteiger partial charge in [-0.25, -0.2) is 13.8 Å². The van der Waals surface area contributed by atoms with E-state index >= 15 is 0 Å². The van der Waals surface area contributed by atoms with Crippen LogP contribution in [0.2, 0.25) is 0 Å². The summed E-state index contributed by atoms with van der Waals surface area (Å²) in [4.78, 5) is 7.56. The number of aliphatic imine (C=N–C) groups is 2. The van der Waals surface area contributed by atoms with Gasteiger partial charge in [0.05, 0.1) is 10.2 Å². The number of benzene rings is 2. The van der Waals surface area contributed by atoms with Gasteiger partial charge in [-0.15, -0.1) is 0 Å². The van der Waals surface area contributed by atoms with Crippen molar-refractivity contribution < 1.29 is 13.5 Å². The molecule has 9 heteroatoms. The molecular weight excluding hydrogens is 372 g/mol. The molecule has 0 atom stereocenters. The maximum absolute atomic E-state index is 13.6. The van der Waals surface area contributed by atoms with Crippen LogP contribution in [0.4, 0.5) is 14.5 Å². The van der Waals surface area contributed by atoms with Crippen molar-refractivity contribution in [2.45, 2.75) is 0 Å². The Bertz CT molecular complexity index is 791. The summed E-state index contributed by atoms with van der Waals surface area (Å²) in [5, 5.41) is 0. The second kappa shape index (κ2) is 7.05. The topological polar surface area (TPSA) is 112 Å². The van der Waals surface area contributed by atoms with Crippen LogP contribution in [-0.2, 0) is 0 Å². The molecule has 0 bridgehead atoms. The van der Waals surface area contributed by atoms with Gasteiger partial charge in [0.1, 0.15) is 11.6 Å². The minimum atomic E-state index is -0.809. The van der Waals surface area contributed by atoms with Gasteiger partial charge >= 0.3 is 0 Å². The Kier molecular flexibility index (Phi) is 5.12. The molecule has 0 aliphatic heterocycles. The van der Waals surface area contributed by atoms with Gasteiger partial charge in [-0.2, -0.15) is 4.99 Å². The molecule has 2 rings (SSSR count). The van der Waals surface area contributed by atoms with E-state index in [2.05, 4.69) is 25.9 Å². The average molecular weight is 384 g/mol. The highest BCUT2D eigenvalue weighted by molar-refractivity contribution is 9.10. The van der Waals surface area contributed by atoms with Crippen LogP contribution in [0, 0.1) is 11.6 Å². The summed E-state index contributed by atoms with van der Waals surface area (Å²) < 4.78 is 32.3. The van der Waals surface area contributed by atoms with Gasteiger partial charge < -0.3 is 21.9 Å². The maximum Gasteiger partial charge on any atom is 0.223 e. The lowest BCUT2D eigenvalue weighted by molar-refractivity contribution is 0.435. The smallest absolute Gasteiger partial charge is 0.223 e. The Morgan fingerprint density at radius 3 is 2.30 bits per heavy atom. The van der Waals surface area contributed by atoms with Crippen LogP contribution in [0.3, 0.4) is 0 Å². The molecule has 120 valence electrons. The third kappa shape index (κ3) is 4.65. The average Bonchev–Trinajstić information content (AvgIpc) is 2.43. The highest BCUT2D eigenvalue weighted by Gasteiger charge is 2.09. The fourth-order valence-corrected chi connectivity index (χ4v) is 2.06. The second-order valence-electron chi connectivity index (χ2n) is 4.30. The first-order chi connectivity index (χ1) is 10.8. The van der Waals surface area contributed by atoms with Crippen molar-refractivity contribution in [1.29, 1.82) is 0 Å². The Labute approximate surface area is 138 Å². The number of halogens is 3. The first-order valence-electron chi connectivity index (χ1n) is 6.21.